The van der Waals surface area contributed by atoms with Crippen LogP contribution in [0.4, 0.5) is 10.6 Å². The Bertz CT molecular complexity index is 543. The molecule has 0 N–H and O–H groups in total. The molecule has 0 spiro atoms. The molecule has 1 aliphatic heterocycles. The van der Waals surface area contributed by atoms with Crippen LogP contribution in [0.1, 0.15) is 37.4 Å². The first kappa shape index (κ1) is 15.1. The van der Waals surface area contributed by atoms with E-state index in [1.54, 1.807) is 19.0 Å². The highest BCUT2D eigenvalue weighted by Gasteiger charge is 2.29. The van der Waals surface area contributed by atoms with Gasteiger partial charge in [-0.25, -0.2) is 14.8 Å². The van der Waals surface area contributed by atoms with Crippen LogP contribution in [-0.2, 0) is 0 Å². The first-order chi connectivity index (χ1) is 10.6. The molecule has 2 amide bonds. The van der Waals surface area contributed by atoms with Crippen LogP contribution >= 0.6 is 0 Å². The van der Waals surface area contributed by atoms with E-state index in [0.717, 1.165) is 37.6 Å². The Morgan fingerprint density at radius 2 is 2.05 bits per heavy atom. The molecule has 6 heteroatoms. The van der Waals surface area contributed by atoms with E-state index in [4.69, 9.17) is 4.98 Å². The van der Waals surface area contributed by atoms with Crippen molar-refractivity contribution in [2.45, 2.75) is 37.6 Å². The largest absolute Gasteiger partial charge is 0.354 e. The maximum absolute atomic E-state index is 12.1. The normalized spacial score (nSPS) is 21.6. The molecule has 1 aromatic heterocycles. The van der Waals surface area contributed by atoms with Crippen molar-refractivity contribution in [1.82, 2.24) is 19.8 Å². The van der Waals surface area contributed by atoms with Gasteiger partial charge in [0.1, 0.15) is 11.6 Å². The first-order valence-electron chi connectivity index (χ1n) is 8.08. The van der Waals surface area contributed by atoms with Crippen molar-refractivity contribution in [3.8, 4) is 0 Å². The lowest BCUT2D eigenvalue weighted by molar-refractivity contribution is 0.157. The lowest BCUT2D eigenvalue weighted by Gasteiger charge is -2.39. The second-order valence-corrected chi connectivity index (χ2v) is 6.58. The summed E-state index contributed by atoms with van der Waals surface area (Å²) < 4.78 is 0. The van der Waals surface area contributed by atoms with E-state index in [1.807, 2.05) is 24.2 Å². The molecule has 1 aliphatic carbocycles. The lowest BCUT2D eigenvalue weighted by Crippen LogP contribution is -2.51. The number of amides is 2. The maximum Gasteiger partial charge on any atom is 0.319 e. The minimum absolute atomic E-state index is 0.0632. The van der Waals surface area contributed by atoms with Gasteiger partial charge in [0, 0.05) is 46.3 Å². The Morgan fingerprint density at radius 3 is 2.73 bits per heavy atom. The smallest absolute Gasteiger partial charge is 0.319 e. The zero-order chi connectivity index (χ0) is 15.7. The quantitative estimate of drug-likeness (QED) is 0.856. The number of aromatic nitrogens is 2. The molecule has 2 aliphatic rings. The van der Waals surface area contributed by atoms with E-state index in [1.165, 1.54) is 12.8 Å². The summed E-state index contributed by atoms with van der Waals surface area (Å²) in [7, 11) is 5.49. The monoisotopic (exact) mass is 303 g/mol. The third-order valence-electron chi connectivity index (χ3n) is 4.55. The number of nitrogens with zero attached hydrogens (tertiary/aromatic N) is 5. The highest BCUT2D eigenvalue weighted by Crippen LogP contribution is 2.38. The molecule has 2 fully saturated rings. The Balaban J connectivity index is 1.70. The Kier molecular flexibility index (Phi) is 4.18. The van der Waals surface area contributed by atoms with Crippen LogP contribution < -0.4 is 4.90 Å². The van der Waals surface area contributed by atoms with Crippen molar-refractivity contribution in [1.29, 1.82) is 0 Å². The van der Waals surface area contributed by atoms with Crippen molar-refractivity contribution < 1.29 is 4.79 Å². The average Bonchev–Trinajstić information content (AvgIpc) is 3.38. The van der Waals surface area contributed by atoms with Gasteiger partial charge in [-0.1, -0.05) is 0 Å². The summed E-state index contributed by atoms with van der Waals surface area (Å²) in [5.41, 5.74) is 0. The van der Waals surface area contributed by atoms with E-state index in [0.29, 0.717) is 5.92 Å². The van der Waals surface area contributed by atoms with E-state index >= 15 is 0 Å². The number of anilines is 1. The second kappa shape index (κ2) is 6.10. The van der Waals surface area contributed by atoms with Crippen molar-refractivity contribution in [3.63, 3.8) is 0 Å². The number of urea groups is 1. The predicted molar refractivity (Wildman–Crippen MR) is 86.1 cm³/mol. The van der Waals surface area contributed by atoms with Gasteiger partial charge >= 0.3 is 6.03 Å². The van der Waals surface area contributed by atoms with Gasteiger partial charge < -0.3 is 14.7 Å². The highest BCUT2D eigenvalue weighted by molar-refractivity contribution is 5.74. The zero-order valence-corrected chi connectivity index (χ0v) is 13.7. The summed E-state index contributed by atoms with van der Waals surface area (Å²) in [4.78, 5) is 27.1. The number of carbonyl (C=O) groups is 1. The lowest BCUT2D eigenvalue weighted by atomic mass is 10.0. The SMILES string of the molecule is CN(C)C(=O)N(C)C1CCCN(c2ccnc(C3CC3)n2)C1. The first-order valence-corrected chi connectivity index (χ1v) is 8.08. The number of likely N-dealkylation sites (N-methyl/N-ethyl adjacent to an activating group) is 1. The van der Waals surface area contributed by atoms with Gasteiger partial charge in [0.15, 0.2) is 0 Å². The average molecular weight is 303 g/mol. The van der Waals surface area contributed by atoms with Crippen molar-refractivity contribution in [3.05, 3.63) is 18.1 Å². The molecule has 0 bridgehead atoms. The fourth-order valence-electron chi connectivity index (χ4n) is 3.03. The van der Waals surface area contributed by atoms with Crippen molar-refractivity contribution in [2.24, 2.45) is 0 Å². The maximum atomic E-state index is 12.1. The van der Waals surface area contributed by atoms with Crippen molar-refractivity contribution >= 4 is 11.8 Å². The minimum atomic E-state index is 0.0632. The van der Waals surface area contributed by atoms with E-state index in [-0.39, 0.29) is 12.1 Å². The van der Waals surface area contributed by atoms with E-state index in [2.05, 4.69) is 9.88 Å². The standard InChI is InChI=1S/C16H25N5O/c1-19(2)16(22)20(3)13-5-4-10-21(11-13)14-8-9-17-15(18-14)12-6-7-12/h8-9,12-13H,4-7,10-11H2,1-3H3. The summed E-state index contributed by atoms with van der Waals surface area (Å²) in [6.07, 6.45) is 6.43. The summed E-state index contributed by atoms with van der Waals surface area (Å²) in [5, 5.41) is 0. The molecule has 22 heavy (non-hydrogen) atoms. The van der Waals surface area contributed by atoms with Crippen LogP contribution in [0, 0.1) is 0 Å². The van der Waals surface area contributed by atoms with Crippen LogP contribution in [0.25, 0.3) is 0 Å². The van der Waals surface area contributed by atoms with Gasteiger partial charge in [-0.2, -0.15) is 0 Å². The number of piperidine rings is 1. The molecule has 0 aromatic carbocycles. The summed E-state index contributed by atoms with van der Waals surface area (Å²) in [5.74, 6) is 2.56. The summed E-state index contributed by atoms with van der Waals surface area (Å²) >= 11 is 0. The number of hydrogen-bond donors (Lipinski definition) is 0. The topological polar surface area (TPSA) is 52.6 Å². The molecule has 1 aromatic rings. The molecular formula is C16H25N5O. The Morgan fingerprint density at radius 1 is 1.27 bits per heavy atom. The fourth-order valence-corrected chi connectivity index (χ4v) is 3.03. The van der Waals surface area contributed by atoms with E-state index in [9.17, 15) is 4.79 Å². The van der Waals surface area contributed by atoms with Crippen LogP contribution in [0.2, 0.25) is 0 Å². The zero-order valence-electron chi connectivity index (χ0n) is 13.7. The molecule has 1 saturated carbocycles. The fraction of sp³-hybridized carbons (Fsp3) is 0.688. The Hall–Kier alpha value is -1.85. The van der Waals surface area contributed by atoms with Gasteiger partial charge in [0.05, 0.1) is 6.04 Å². The molecule has 1 atom stereocenters. The number of rotatable bonds is 3. The van der Waals surface area contributed by atoms with Crippen LogP contribution in [0.15, 0.2) is 12.3 Å². The van der Waals surface area contributed by atoms with E-state index < -0.39 is 0 Å². The molecule has 0 radical (unpaired) electrons. The minimum Gasteiger partial charge on any atom is -0.354 e. The summed E-state index contributed by atoms with van der Waals surface area (Å²) in [6.45, 7) is 1.85. The molecular weight excluding hydrogens is 278 g/mol. The molecule has 2 heterocycles. The third-order valence-corrected chi connectivity index (χ3v) is 4.55. The highest BCUT2D eigenvalue weighted by atomic mass is 16.2. The van der Waals surface area contributed by atoms with Gasteiger partial charge in [-0.05, 0) is 31.7 Å². The van der Waals surface area contributed by atoms with Crippen LogP contribution in [0.5, 0.6) is 0 Å². The van der Waals surface area contributed by atoms with Gasteiger partial charge in [0.2, 0.25) is 0 Å². The molecule has 120 valence electrons. The molecule has 6 nitrogen and oxygen atoms in total. The predicted octanol–water partition coefficient (Wildman–Crippen LogP) is 1.94. The van der Waals surface area contributed by atoms with Gasteiger partial charge in [0.25, 0.3) is 0 Å². The van der Waals surface area contributed by atoms with Crippen molar-refractivity contribution in [2.75, 3.05) is 39.1 Å². The molecule has 1 unspecified atom stereocenters. The number of carbonyl (C=O) groups excluding carboxylic acids is 1. The van der Waals surface area contributed by atoms with Gasteiger partial charge in [-0.15, -0.1) is 0 Å². The van der Waals surface area contributed by atoms with Gasteiger partial charge in [-0.3, -0.25) is 0 Å². The Labute approximate surface area is 132 Å². The third kappa shape index (κ3) is 3.15. The molecule has 3 rings (SSSR count). The second-order valence-electron chi connectivity index (χ2n) is 6.58. The van der Waals surface area contributed by atoms with Crippen LogP contribution in [-0.4, -0.2) is 66.1 Å². The summed E-state index contributed by atoms with van der Waals surface area (Å²) in [6, 6.07) is 2.29. The molecule has 1 saturated heterocycles. The van der Waals surface area contributed by atoms with Crippen LogP contribution in [0.3, 0.4) is 0 Å². The number of hydrogen-bond acceptors (Lipinski definition) is 4.